The molecule has 0 saturated heterocycles. The largest absolute Gasteiger partial charge is 0.431 e. The van der Waals surface area contributed by atoms with Crippen LogP contribution in [-0.4, -0.2) is 38.8 Å². The summed E-state index contributed by atoms with van der Waals surface area (Å²) in [5, 5.41) is -1.76. The molecule has 2 aliphatic carbocycles. The highest BCUT2D eigenvalue weighted by Crippen LogP contribution is 2.58. The molecule has 0 spiro atoms. The van der Waals surface area contributed by atoms with E-state index in [2.05, 4.69) is 24.3 Å². The fourth-order valence-electron chi connectivity index (χ4n) is 5.52. The van der Waals surface area contributed by atoms with Crippen LogP contribution in [0, 0.1) is 17.8 Å². The van der Waals surface area contributed by atoms with Crippen molar-refractivity contribution in [3.05, 3.63) is 84.9 Å². The zero-order chi connectivity index (χ0) is 29.3. The highest BCUT2D eigenvalue weighted by atomic mass is 32.2. The Labute approximate surface area is 233 Å². The Bertz CT molecular complexity index is 1480. The lowest BCUT2D eigenvalue weighted by molar-refractivity contribution is -0.202. The van der Waals surface area contributed by atoms with Crippen molar-refractivity contribution in [2.45, 2.75) is 41.8 Å². The number of benzene rings is 3. The predicted molar refractivity (Wildman–Crippen MR) is 149 cm³/mol. The number of halogens is 4. The Kier molecular flexibility index (Phi) is 8.81. The van der Waals surface area contributed by atoms with E-state index in [0.717, 1.165) is 11.7 Å². The van der Waals surface area contributed by atoms with E-state index in [1.54, 1.807) is 12.1 Å². The molecule has 0 radical (unpaired) electrons. The average Bonchev–Trinajstić information content (AvgIpc) is 3.54. The molecule has 216 valence electrons. The molecule has 1 N–H and O–H groups in total. The lowest BCUT2D eigenvalue weighted by Crippen LogP contribution is -2.52. The van der Waals surface area contributed by atoms with E-state index in [1.165, 1.54) is 16.9 Å². The molecule has 2 saturated carbocycles. The Morgan fingerprint density at radius 3 is 1.57 bits per heavy atom. The second-order valence-corrected chi connectivity index (χ2v) is 15.9. The monoisotopic (exact) mass is 616 g/mol. The molecule has 2 aliphatic rings. The average molecular weight is 617 g/mol. The summed E-state index contributed by atoms with van der Waals surface area (Å²) in [6.07, 6.45) is 2.74. The van der Waals surface area contributed by atoms with E-state index in [9.17, 15) is 34.4 Å². The van der Waals surface area contributed by atoms with Crippen molar-refractivity contribution in [1.29, 1.82) is 0 Å². The van der Waals surface area contributed by atoms with E-state index in [1.807, 2.05) is 48.5 Å². The summed E-state index contributed by atoms with van der Waals surface area (Å²) in [7, 11) is -9.95. The summed E-state index contributed by atoms with van der Waals surface area (Å²) in [6.45, 7) is 0. The summed E-state index contributed by atoms with van der Waals surface area (Å²) >= 11 is 0. The molecule has 12 heteroatoms. The van der Waals surface area contributed by atoms with Crippen molar-refractivity contribution in [2.75, 3.05) is 6.26 Å². The Morgan fingerprint density at radius 1 is 0.725 bits per heavy atom. The number of fused-ring (bicyclic) bond motifs is 2. The van der Waals surface area contributed by atoms with Crippen LogP contribution in [0.1, 0.15) is 25.7 Å². The molecular formula is C28H29F4O5PS2. The first-order valence-electron chi connectivity index (χ1n) is 12.6. The van der Waals surface area contributed by atoms with E-state index >= 15 is 0 Å². The van der Waals surface area contributed by atoms with Crippen LogP contribution in [0.5, 0.6) is 0 Å². The van der Waals surface area contributed by atoms with Gasteiger partial charge in [-0.25, -0.2) is 8.42 Å². The van der Waals surface area contributed by atoms with E-state index in [-0.39, 0.29) is 12.3 Å². The van der Waals surface area contributed by atoms with Gasteiger partial charge in [-0.15, -0.1) is 0 Å². The summed E-state index contributed by atoms with van der Waals surface area (Å²) in [6, 6.07) is 28.0. The Hall–Kier alpha value is -2.33. The fourth-order valence-corrected chi connectivity index (χ4v) is 8.93. The van der Waals surface area contributed by atoms with Gasteiger partial charge in [0.15, 0.2) is 9.84 Å². The second kappa shape index (κ2) is 11.5. The summed E-state index contributed by atoms with van der Waals surface area (Å²) in [5.74, 6) is -6.95. The second-order valence-electron chi connectivity index (χ2n) is 10.2. The molecule has 5 nitrogen and oxygen atoms in total. The normalized spacial score (nSPS) is 21.2. The Morgan fingerprint density at radius 2 is 1.20 bits per heavy atom. The zero-order valence-electron chi connectivity index (χ0n) is 21.5. The maximum absolute atomic E-state index is 13.6. The van der Waals surface area contributed by atoms with Crippen LogP contribution >= 0.6 is 7.92 Å². The summed E-state index contributed by atoms with van der Waals surface area (Å²) in [4.78, 5) is 0.359. The maximum atomic E-state index is 13.6. The van der Waals surface area contributed by atoms with Crippen LogP contribution in [-0.2, 0) is 20.0 Å². The van der Waals surface area contributed by atoms with Crippen LogP contribution < -0.4 is 15.9 Å². The van der Waals surface area contributed by atoms with Gasteiger partial charge in [0.2, 0.25) is 0 Å². The van der Waals surface area contributed by atoms with Crippen molar-refractivity contribution in [3.8, 4) is 0 Å². The third-order valence-electron chi connectivity index (χ3n) is 7.47. The van der Waals surface area contributed by atoms with Gasteiger partial charge in [-0.1, -0.05) is 79.2 Å². The smallest absolute Gasteiger partial charge is 0.281 e. The number of hydrogen-bond acceptors (Lipinski definition) is 4. The van der Waals surface area contributed by atoms with Crippen LogP contribution in [0.2, 0.25) is 0 Å². The van der Waals surface area contributed by atoms with Crippen LogP contribution in [0.15, 0.2) is 89.8 Å². The van der Waals surface area contributed by atoms with Gasteiger partial charge in [-0.05, 0) is 67.1 Å². The van der Waals surface area contributed by atoms with Gasteiger partial charge >= 0.3 is 21.3 Å². The van der Waals surface area contributed by atoms with Gasteiger partial charge in [0.05, 0.1) is 4.90 Å². The first-order valence-corrected chi connectivity index (χ1v) is 17.2. The molecule has 3 atom stereocenters. The van der Waals surface area contributed by atoms with Crippen molar-refractivity contribution in [3.63, 3.8) is 0 Å². The first kappa shape index (κ1) is 30.6. The quantitative estimate of drug-likeness (QED) is 0.219. The molecule has 3 aromatic carbocycles. The molecule has 0 aromatic heterocycles. The molecular weight excluding hydrogens is 587 g/mol. The van der Waals surface area contributed by atoms with Gasteiger partial charge in [-0.3, -0.25) is 4.55 Å². The highest BCUT2D eigenvalue weighted by molar-refractivity contribution is 7.90. The molecule has 40 heavy (non-hydrogen) atoms. The number of rotatable bonds is 7. The lowest BCUT2D eigenvalue weighted by atomic mass is 9.84. The molecule has 0 heterocycles. The van der Waals surface area contributed by atoms with Crippen molar-refractivity contribution >= 4 is 43.8 Å². The van der Waals surface area contributed by atoms with E-state index in [4.69, 9.17) is 4.55 Å². The molecule has 2 bridgehead atoms. The zero-order valence-corrected chi connectivity index (χ0v) is 24.0. The molecule has 3 unspecified atom stereocenters. The predicted octanol–water partition coefficient (Wildman–Crippen LogP) is 5.39. The fraction of sp³-hybridized carbons (Fsp3) is 0.357. The topological polar surface area (TPSA) is 88.5 Å². The Balaban J connectivity index is 0.000000194. The number of hydrogen-bond donors (Lipinski definition) is 1. The lowest BCUT2D eigenvalue weighted by Gasteiger charge is -2.33. The first-order chi connectivity index (χ1) is 18.6. The third kappa shape index (κ3) is 6.27. The van der Waals surface area contributed by atoms with Crippen molar-refractivity contribution < 1.29 is 39.0 Å². The maximum Gasteiger partial charge on any atom is 0.431 e. The summed E-state index contributed by atoms with van der Waals surface area (Å²) in [5.41, 5.74) is 0. The molecule has 0 amide bonds. The summed E-state index contributed by atoms with van der Waals surface area (Å²) < 4.78 is 106. The SMILES string of the molecule is CS(=O)(=O)c1ccc(P(c2ccccc2)c2ccccc2)cc1.O=S(=O)(O)C(F)(F)C(F)(F)C1CC2CCC1C2. The van der Waals surface area contributed by atoms with Crippen LogP contribution in [0.25, 0.3) is 0 Å². The minimum Gasteiger partial charge on any atom is -0.281 e. The van der Waals surface area contributed by atoms with Gasteiger partial charge < -0.3 is 0 Å². The van der Waals surface area contributed by atoms with Crippen LogP contribution in [0.3, 0.4) is 0 Å². The van der Waals surface area contributed by atoms with Crippen LogP contribution in [0.4, 0.5) is 17.6 Å². The number of sulfone groups is 1. The minimum absolute atomic E-state index is 0.0203. The van der Waals surface area contributed by atoms with Gasteiger partial charge in [0.25, 0.3) is 0 Å². The van der Waals surface area contributed by atoms with Gasteiger partial charge in [-0.2, -0.15) is 26.0 Å². The third-order valence-corrected chi connectivity index (χ3v) is 12.0. The standard InChI is InChI=1S/C19H17O2PS.C9H12F4O3S/c1-23(20,21)19-14-12-18(13-15-19)22(16-8-4-2-5-9-16)17-10-6-3-7-11-17;10-8(11,9(12,13)17(14,15)16)7-4-5-1-2-6(7)3-5/h2-15H,1H3;5-7H,1-4H2,(H,14,15,16). The van der Waals surface area contributed by atoms with Gasteiger partial charge in [0.1, 0.15) is 0 Å². The molecule has 0 aliphatic heterocycles. The molecule has 5 rings (SSSR count). The minimum atomic E-state index is -6.10. The van der Waals surface area contributed by atoms with E-state index < -0.39 is 50.9 Å². The van der Waals surface area contributed by atoms with Gasteiger partial charge in [0, 0.05) is 12.2 Å². The molecule has 2 fully saturated rings. The molecule has 3 aromatic rings. The van der Waals surface area contributed by atoms with Crippen molar-refractivity contribution in [2.24, 2.45) is 17.8 Å². The number of alkyl halides is 4. The van der Waals surface area contributed by atoms with Crippen molar-refractivity contribution in [1.82, 2.24) is 0 Å². The van der Waals surface area contributed by atoms with E-state index in [0.29, 0.717) is 17.7 Å². The highest BCUT2D eigenvalue weighted by Gasteiger charge is 2.71.